The van der Waals surface area contributed by atoms with E-state index >= 15 is 0 Å². The van der Waals surface area contributed by atoms with Gasteiger partial charge in [-0.3, -0.25) is 9.36 Å². The molecule has 0 N–H and O–H groups in total. The predicted molar refractivity (Wildman–Crippen MR) is 143 cm³/mol. The number of hydrogen-bond donors (Lipinski definition) is 0. The summed E-state index contributed by atoms with van der Waals surface area (Å²) in [7, 11) is 1.60. The Kier molecular flexibility index (Phi) is 6.00. The lowest BCUT2D eigenvalue weighted by molar-refractivity contribution is 0.311. The van der Waals surface area contributed by atoms with Crippen LogP contribution >= 0.6 is 11.3 Å². The minimum absolute atomic E-state index is 0.114. The van der Waals surface area contributed by atoms with Crippen LogP contribution in [0.5, 0.6) is 11.5 Å². The van der Waals surface area contributed by atoms with Gasteiger partial charge in [0.05, 0.1) is 30.0 Å². The number of halogens is 1. The maximum atomic E-state index is 13.9. The maximum Gasteiger partial charge on any atom is 0.271 e. The van der Waals surface area contributed by atoms with E-state index in [4.69, 9.17) is 14.5 Å². The van der Waals surface area contributed by atoms with Crippen LogP contribution in [0.2, 0.25) is 0 Å². The van der Waals surface area contributed by atoms with E-state index < -0.39 is 0 Å². The molecule has 2 heterocycles. The Morgan fingerprint density at radius 3 is 2.68 bits per heavy atom. The standard InChI is InChI=1S/C30H25FN2O3S/c1-3-36-25-16-18(8-15-24(25)35-2)17-26-29(34)33-28(20-9-12-21(31)13-10-20)23-14-11-19-6-4-5-7-22(19)27(23)32-30(33)37-26/h4-10,12-13,15-17,28H,3,11,14H2,1-2H3/b26-17+/t28-/m0/s1. The number of fused-ring (bicyclic) bond motifs is 3. The Morgan fingerprint density at radius 2 is 1.89 bits per heavy atom. The second-order valence-corrected chi connectivity index (χ2v) is 10.0. The first kappa shape index (κ1) is 23.4. The lowest BCUT2D eigenvalue weighted by Crippen LogP contribution is -2.38. The zero-order valence-corrected chi connectivity index (χ0v) is 21.3. The highest BCUT2D eigenvalue weighted by atomic mass is 32.1. The third-order valence-electron chi connectivity index (χ3n) is 6.84. The average molecular weight is 513 g/mol. The van der Waals surface area contributed by atoms with Crippen LogP contribution in [0, 0.1) is 5.82 Å². The van der Waals surface area contributed by atoms with Gasteiger partial charge in [-0.2, -0.15) is 0 Å². The first-order valence-corrected chi connectivity index (χ1v) is 13.1. The summed E-state index contributed by atoms with van der Waals surface area (Å²) < 4.78 is 27.3. The SMILES string of the molecule is CCOc1cc(/C=c2/sc3n(c2=O)[C@@H](c2ccc(F)cc2)C2=C(N=3)c3ccccc3CC2)ccc1OC. The Labute approximate surface area is 217 Å². The van der Waals surface area contributed by atoms with Crippen molar-refractivity contribution in [2.75, 3.05) is 13.7 Å². The van der Waals surface area contributed by atoms with Crippen molar-refractivity contribution in [3.05, 3.63) is 120 Å². The van der Waals surface area contributed by atoms with E-state index in [9.17, 15) is 9.18 Å². The van der Waals surface area contributed by atoms with Crippen molar-refractivity contribution in [2.24, 2.45) is 4.99 Å². The molecule has 0 amide bonds. The van der Waals surface area contributed by atoms with Crippen LogP contribution in [-0.2, 0) is 6.42 Å². The van der Waals surface area contributed by atoms with Gasteiger partial charge in [-0.25, -0.2) is 9.38 Å². The quantitative estimate of drug-likeness (QED) is 0.384. The van der Waals surface area contributed by atoms with E-state index in [0.29, 0.717) is 27.4 Å². The lowest BCUT2D eigenvalue weighted by atomic mass is 9.83. The normalized spacial score (nSPS) is 16.5. The summed E-state index contributed by atoms with van der Waals surface area (Å²) in [6.07, 6.45) is 3.53. The Bertz CT molecular complexity index is 1720. The molecule has 0 spiro atoms. The number of aryl methyl sites for hydroxylation is 1. The number of thiazole rings is 1. The molecule has 37 heavy (non-hydrogen) atoms. The molecule has 1 aliphatic carbocycles. The molecular weight excluding hydrogens is 487 g/mol. The predicted octanol–water partition coefficient (Wildman–Crippen LogP) is 4.87. The van der Waals surface area contributed by atoms with Gasteiger partial charge in [-0.05, 0) is 72.4 Å². The van der Waals surface area contributed by atoms with Crippen molar-refractivity contribution in [1.29, 1.82) is 0 Å². The Hall–Kier alpha value is -3.97. The van der Waals surface area contributed by atoms with Gasteiger partial charge in [-0.15, -0.1) is 0 Å². The third kappa shape index (κ3) is 4.09. The van der Waals surface area contributed by atoms with Crippen molar-refractivity contribution in [3.8, 4) is 11.5 Å². The lowest BCUT2D eigenvalue weighted by Gasteiger charge is -2.30. The monoisotopic (exact) mass is 512 g/mol. The number of methoxy groups -OCH3 is 1. The Morgan fingerprint density at radius 1 is 1.08 bits per heavy atom. The van der Waals surface area contributed by atoms with E-state index in [1.165, 1.54) is 29.0 Å². The molecule has 1 aliphatic heterocycles. The smallest absolute Gasteiger partial charge is 0.271 e. The average Bonchev–Trinajstić information content (AvgIpc) is 3.22. The van der Waals surface area contributed by atoms with Gasteiger partial charge in [-0.1, -0.05) is 53.8 Å². The molecule has 0 saturated heterocycles. The van der Waals surface area contributed by atoms with Gasteiger partial charge in [0.1, 0.15) is 5.82 Å². The number of rotatable bonds is 5. The summed E-state index contributed by atoms with van der Waals surface area (Å²) in [4.78, 5) is 19.5. The number of nitrogens with zero attached hydrogens (tertiary/aromatic N) is 2. The summed E-state index contributed by atoms with van der Waals surface area (Å²) in [5.74, 6) is 0.967. The molecule has 2 aliphatic rings. The second-order valence-electron chi connectivity index (χ2n) is 9.01. The van der Waals surface area contributed by atoms with Gasteiger partial charge in [0.15, 0.2) is 16.3 Å². The van der Waals surface area contributed by atoms with Gasteiger partial charge < -0.3 is 9.47 Å². The highest BCUT2D eigenvalue weighted by Gasteiger charge is 2.32. The molecular formula is C30H25FN2O3S. The first-order chi connectivity index (χ1) is 18.1. The molecule has 3 aromatic carbocycles. The highest BCUT2D eigenvalue weighted by Crippen LogP contribution is 2.41. The Balaban J connectivity index is 1.56. The number of benzene rings is 3. The first-order valence-electron chi connectivity index (χ1n) is 12.3. The number of allylic oxidation sites excluding steroid dienone is 1. The molecule has 5 nitrogen and oxygen atoms in total. The van der Waals surface area contributed by atoms with Crippen molar-refractivity contribution in [2.45, 2.75) is 25.8 Å². The van der Waals surface area contributed by atoms with Gasteiger partial charge in [0, 0.05) is 5.56 Å². The molecule has 0 unspecified atom stereocenters. The van der Waals surface area contributed by atoms with Gasteiger partial charge in [0.2, 0.25) is 0 Å². The fourth-order valence-electron chi connectivity index (χ4n) is 5.17. The molecule has 4 aromatic rings. The maximum absolute atomic E-state index is 13.9. The largest absolute Gasteiger partial charge is 0.493 e. The molecule has 0 radical (unpaired) electrons. The van der Waals surface area contributed by atoms with E-state index in [0.717, 1.165) is 40.8 Å². The fourth-order valence-corrected chi connectivity index (χ4v) is 6.17. The summed E-state index contributed by atoms with van der Waals surface area (Å²) in [5.41, 5.74) is 5.96. The van der Waals surface area contributed by atoms with Crippen molar-refractivity contribution in [3.63, 3.8) is 0 Å². The number of hydrogen-bond acceptors (Lipinski definition) is 5. The van der Waals surface area contributed by atoms with Crippen molar-refractivity contribution in [1.82, 2.24) is 4.57 Å². The molecule has 7 heteroatoms. The van der Waals surface area contributed by atoms with Crippen LogP contribution < -0.4 is 24.4 Å². The van der Waals surface area contributed by atoms with Crippen LogP contribution in [0.25, 0.3) is 11.8 Å². The molecule has 6 rings (SSSR count). The summed E-state index contributed by atoms with van der Waals surface area (Å²) >= 11 is 1.37. The fraction of sp³-hybridized carbons (Fsp3) is 0.200. The highest BCUT2D eigenvalue weighted by molar-refractivity contribution is 7.07. The van der Waals surface area contributed by atoms with Crippen molar-refractivity contribution < 1.29 is 13.9 Å². The summed E-state index contributed by atoms with van der Waals surface area (Å²) in [5, 5.41) is 0. The molecule has 0 bridgehead atoms. The second kappa shape index (κ2) is 9.48. The molecule has 1 atom stereocenters. The van der Waals surface area contributed by atoms with Crippen LogP contribution in [0.1, 0.15) is 41.6 Å². The van der Waals surface area contributed by atoms with E-state index in [2.05, 4.69) is 12.1 Å². The third-order valence-corrected chi connectivity index (χ3v) is 7.83. The molecule has 0 fully saturated rings. The van der Waals surface area contributed by atoms with Crippen LogP contribution in [-0.4, -0.2) is 18.3 Å². The molecule has 0 saturated carbocycles. The number of aromatic nitrogens is 1. The van der Waals surface area contributed by atoms with E-state index in [1.54, 1.807) is 23.8 Å². The topological polar surface area (TPSA) is 52.8 Å². The van der Waals surface area contributed by atoms with Crippen LogP contribution in [0.15, 0.2) is 82.1 Å². The zero-order valence-electron chi connectivity index (χ0n) is 20.5. The number of ether oxygens (including phenoxy) is 2. The summed E-state index contributed by atoms with van der Waals surface area (Å²) in [6, 6.07) is 20.0. The van der Waals surface area contributed by atoms with Crippen molar-refractivity contribution >= 4 is 23.1 Å². The van der Waals surface area contributed by atoms with Gasteiger partial charge in [0.25, 0.3) is 5.56 Å². The summed E-state index contributed by atoms with van der Waals surface area (Å²) in [6.45, 7) is 2.42. The molecule has 1 aromatic heterocycles. The van der Waals surface area contributed by atoms with E-state index in [1.807, 2.05) is 43.3 Å². The van der Waals surface area contributed by atoms with Crippen LogP contribution in [0.3, 0.4) is 0 Å². The minimum atomic E-state index is -0.336. The van der Waals surface area contributed by atoms with Crippen LogP contribution in [0.4, 0.5) is 4.39 Å². The van der Waals surface area contributed by atoms with Gasteiger partial charge >= 0.3 is 0 Å². The van der Waals surface area contributed by atoms with E-state index in [-0.39, 0.29) is 17.4 Å². The molecule has 186 valence electrons. The minimum Gasteiger partial charge on any atom is -0.493 e. The zero-order chi connectivity index (χ0) is 25.5.